The Kier molecular flexibility index (Phi) is 4.83. The van der Waals surface area contributed by atoms with Crippen molar-refractivity contribution >= 4 is 23.9 Å². The molecule has 0 saturated heterocycles. The summed E-state index contributed by atoms with van der Waals surface area (Å²) in [6.45, 7) is 0. The number of rotatable bonds is 5. The van der Waals surface area contributed by atoms with Crippen molar-refractivity contribution in [3.8, 4) is 0 Å². The minimum Gasteiger partial charge on any atom is -0.478 e. The molecule has 2 rings (SSSR count). The number of benzene rings is 2. The van der Waals surface area contributed by atoms with Crippen molar-refractivity contribution in [2.24, 2.45) is 0 Å². The summed E-state index contributed by atoms with van der Waals surface area (Å²) in [7, 11) is 0. The largest absolute Gasteiger partial charge is 0.478 e. The van der Waals surface area contributed by atoms with Crippen molar-refractivity contribution in [3.05, 3.63) is 83.4 Å². The van der Waals surface area contributed by atoms with Crippen LogP contribution in [0.3, 0.4) is 0 Å². The quantitative estimate of drug-likeness (QED) is 0.670. The molecule has 0 aliphatic carbocycles. The Bertz CT molecular complexity index is 680. The van der Waals surface area contributed by atoms with Crippen LogP contribution in [-0.4, -0.2) is 16.9 Å². The third-order valence-corrected chi connectivity index (χ3v) is 2.84. The minimum atomic E-state index is -0.979. The number of carbonyl (C=O) groups is 2. The number of carboxylic acids is 1. The molecule has 0 aliphatic rings. The first kappa shape index (κ1) is 14.5. The maximum absolute atomic E-state index is 11.9. The minimum absolute atomic E-state index is 0.0505. The van der Waals surface area contributed by atoms with Crippen LogP contribution in [0, 0.1) is 0 Å². The molecule has 0 radical (unpaired) electrons. The van der Waals surface area contributed by atoms with Crippen molar-refractivity contribution in [1.29, 1.82) is 0 Å². The molecule has 0 spiro atoms. The molecule has 3 nitrogen and oxygen atoms in total. The van der Waals surface area contributed by atoms with Gasteiger partial charge in [-0.25, -0.2) is 4.79 Å². The van der Waals surface area contributed by atoms with E-state index in [0.717, 1.165) is 17.2 Å². The van der Waals surface area contributed by atoms with E-state index in [4.69, 9.17) is 5.11 Å². The van der Waals surface area contributed by atoms with Gasteiger partial charge in [-0.1, -0.05) is 60.7 Å². The molecule has 1 N–H and O–H groups in total. The average Bonchev–Trinajstić information content (AvgIpc) is 2.52. The molecule has 0 aliphatic heterocycles. The summed E-state index contributed by atoms with van der Waals surface area (Å²) in [6, 6.07) is 16.3. The van der Waals surface area contributed by atoms with Crippen molar-refractivity contribution < 1.29 is 14.7 Å². The zero-order chi connectivity index (χ0) is 15.1. The zero-order valence-electron chi connectivity index (χ0n) is 11.3. The molecule has 0 amide bonds. The second kappa shape index (κ2) is 7.01. The van der Waals surface area contributed by atoms with Gasteiger partial charge in [0.2, 0.25) is 0 Å². The Balaban J connectivity index is 2.05. The van der Waals surface area contributed by atoms with Crippen LogP contribution >= 0.6 is 0 Å². The van der Waals surface area contributed by atoms with Crippen LogP contribution in [0.5, 0.6) is 0 Å². The van der Waals surface area contributed by atoms with Crippen molar-refractivity contribution in [2.45, 2.75) is 0 Å². The second-order valence-corrected chi connectivity index (χ2v) is 4.40. The molecule has 3 heteroatoms. The molecule has 21 heavy (non-hydrogen) atoms. The van der Waals surface area contributed by atoms with E-state index >= 15 is 0 Å². The Morgan fingerprint density at radius 2 is 1.29 bits per heavy atom. The van der Waals surface area contributed by atoms with E-state index in [2.05, 4.69) is 0 Å². The molecule has 0 atom stereocenters. The second-order valence-electron chi connectivity index (χ2n) is 4.40. The first-order valence-corrected chi connectivity index (χ1v) is 6.44. The lowest BCUT2D eigenvalue weighted by molar-refractivity contribution is -0.131. The average molecular weight is 278 g/mol. The third-order valence-electron chi connectivity index (χ3n) is 2.84. The van der Waals surface area contributed by atoms with Gasteiger partial charge in [0.15, 0.2) is 5.78 Å². The Morgan fingerprint density at radius 1 is 0.762 bits per heavy atom. The van der Waals surface area contributed by atoms with E-state index in [1.165, 1.54) is 12.2 Å². The van der Waals surface area contributed by atoms with Crippen LogP contribution in [0.1, 0.15) is 21.5 Å². The first-order valence-electron chi connectivity index (χ1n) is 6.44. The molecule has 0 heterocycles. The van der Waals surface area contributed by atoms with Crippen molar-refractivity contribution in [3.63, 3.8) is 0 Å². The number of ketones is 1. The monoisotopic (exact) mass is 278 g/mol. The molecule has 0 bridgehead atoms. The molecule has 0 aromatic heterocycles. The van der Waals surface area contributed by atoms with E-state index in [9.17, 15) is 9.59 Å². The molecule has 2 aromatic carbocycles. The number of hydrogen-bond acceptors (Lipinski definition) is 2. The summed E-state index contributed by atoms with van der Waals surface area (Å²) in [4.78, 5) is 22.3. The van der Waals surface area contributed by atoms with Gasteiger partial charge in [-0.2, -0.15) is 0 Å². The van der Waals surface area contributed by atoms with Gasteiger partial charge in [-0.3, -0.25) is 4.79 Å². The first-order chi connectivity index (χ1) is 10.1. The number of allylic oxidation sites excluding steroid dienone is 1. The van der Waals surface area contributed by atoms with E-state index < -0.39 is 5.97 Å². The fourth-order valence-electron chi connectivity index (χ4n) is 1.76. The zero-order valence-corrected chi connectivity index (χ0v) is 11.3. The maximum Gasteiger partial charge on any atom is 0.328 e. The van der Waals surface area contributed by atoms with Gasteiger partial charge in [0.1, 0.15) is 0 Å². The third kappa shape index (κ3) is 4.58. The topological polar surface area (TPSA) is 54.4 Å². The van der Waals surface area contributed by atoms with Gasteiger partial charge in [0.05, 0.1) is 0 Å². The summed E-state index contributed by atoms with van der Waals surface area (Å²) < 4.78 is 0. The molecular weight excluding hydrogens is 264 g/mol. The van der Waals surface area contributed by atoms with Gasteiger partial charge in [-0.05, 0) is 23.3 Å². The molecule has 2 aromatic rings. The lowest BCUT2D eigenvalue weighted by atomic mass is 10.1. The Labute approximate surface area is 122 Å². The predicted molar refractivity (Wildman–Crippen MR) is 82.9 cm³/mol. The highest BCUT2D eigenvalue weighted by atomic mass is 16.4. The summed E-state index contributed by atoms with van der Waals surface area (Å²) in [5.41, 5.74) is 2.32. The smallest absolute Gasteiger partial charge is 0.328 e. The summed E-state index contributed by atoms with van der Waals surface area (Å²) in [5, 5.41) is 8.55. The number of carbonyl (C=O) groups excluding carboxylic acids is 1. The SMILES string of the molecule is O=C(O)C=Cc1ccc(/C=C\C(=O)c2ccccc2)cc1. The van der Waals surface area contributed by atoms with Crippen LogP contribution in [0.4, 0.5) is 0 Å². The van der Waals surface area contributed by atoms with Crippen LogP contribution in [0.2, 0.25) is 0 Å². The molecule has 0 unspecified atom stereocenters. The lowest BCUT2D eigenvalue weighted by Crippen LogP contribution is -1.92. The Hall–Kier alpha value is -2.94. The highest BCUT2D eigenvalue weighted by molar-refractivity contribution is 6.06. The van der Waals surface area contributed by atoms with Gasteiger partial charge in [-0.15, -0.1) is 0 Å². The highest BCUT2D eigenvalue weighted by Crippen LogP contribution is 2.09. The van der Waals surface area contributed by atoms with Gasteiger partial charge in [0.25, 0.3) is 0 Å². The Morgan fingerprint density at radius 3 is 1.81 bits per heavy atom. The number of aliphatic carboxylic acids is 1. The summed E-state index contributed by atoms with van der Waals surface area (Å²) >= 11 is 0. The van der Waals surface area contributed by atoms with Crippen molar-refractivity contribution in [1.82, 2.24) is 0 Å². The predicted octanol–water partition coefficient (Wildman–Crippen LogP) is 3.68. The summed E-state index contributed by atoms with van der Waals surface area (Å²) in [5.74, 6) is -1.03. The fourth-order valence-corrected chi connectivity index (χ4v) is 1.76. The van der Waals surface area contributed by atoms with Gasteiger partial charge in [0, 0.05) is 11.6 Å². The van der Waals surface area contributed by atoms with Crippen molar-refractivity contribution in [2.75, 3.05) is 0 Å². The van der Waals surface area contributed by atoms with Crippen LogP contribution in [0.25, 0.3) is 12.2 Å². The lowest BCUT2D eigenvalue weighted by Gasteiger charge is -1.97. The van der Waals surface area contributed by atoms with Gasteiger partial charge >= 0.3 is 5.97 Å². The normalized spacial score (nSPS) is 11.0. The molecule has 104 valence electrons. The van der Waals surface area contributed by atoms with E-state index in [-0.39, 0.29) is 5.78 Å². The highest BCUT2D eigenvalue weighted by Gasteiger charge is 1.99. The van der Waals surface area contributed by atoms with Crippen LogP contribution < -0.4 is 0 Å². The molecule has 0 saturated carbocycles. The molecule has 0 fully saturated rings. The fraction of sp³-hybridized carbons (Fsp3) is 0. The van der Waals surface area contributed by atoms with E-state index in [0.29, 0.717) is 5.56 Å². The van der Waals surface area contributed by atoms with E-state index in [1.807, 2.05) is 30.3 Å². The number of carboxylic acid groups (broad SMARTS) is 1. The van der Waals surface area contributed by atoms with Gasteiger partial charge < -0.3 is 5.11 Å². The molecular formula is C18H14O3. The van der Waals surface area contributed by atoms with Crippen LogP contribution in [-0.2, 0) is 4.79 Å². The van der Waals surface area contributed by atoms with Crippen LogP contribution in [0.15, 0.2) is 66.7 Å². The summed E-state index contributed by atoms with van der Waals surface area (Å²) in [6.07, 6.45) is 5.87. The standard InChI is InChI=1S/C18H14O3/c19-17(16-4-2-1-3-5-16)12-10-14-6-8-15(9-7-14)11-13-18(20)21/h1-13H,(H,20,21)/b12-10-,13-11?. The maximum atomic E-state index is 11.9. The number of hydrogen-bond donors (Lipinski definition) is 1. The van der Waals surface area contributed by atoms with E-state index in [1.54, 1.807) is 30.3 Å².